The van der Waals surface area contributed by atoms with E-state index in [1.165, 1.54) is 12.1 Å². The molecule has 0 bridgehead atoms. The molecule has 1 heterocycles. The number of rotatable bonds is 9. The number of amides is 3. The van der Waals surface area contributed by atoms with Crippen molar-refractivity contribution in [2.24, 2.45) is 5.73 Å². The van der Waals surface area contributed by atoms with Gasteiger partial charge in [0.15, 0.2) is 5.82 Å². The highest BCUT2D eigenvalue weighted by Gasteiger charge is 2.31. The highest BCUT2D eigenvalue weighted by Crippen LogP contribution is 2.31. The molecule has 1 aromatic carbocycles. The zero-order valence-electron chi connectivity index (χ0n) is 17.4. The number of nitrogens with two attached hydrogens (primary N) is 2. The number of carbonyl (C=O) groups excluding carboxylic acids is 2. The van der Waals surface area contributed by atoms with Gasteiger partial charge in [-0.2, -0.15) is 23.4 Å². The molecule has 0 fully saturated rings. The highest BCUT2D eigenvalue weighted by atomic mass is 32.2. The quantitative estimate of drug-likeness (QED) is 0.206. The summed E-state index contributed by atoms with van der Waals surface area (Å²) in [6, 6.07) is 4.34. The summed E-state index contributed by atoms with van der Waals surface area (Å²) in [6.07, 6.45) is -2.49. The Balaban J connectivity index is 2.29. The van der Waals surface area contributed by atoms with E-state index in [4.69, 9.17) is 11.5 Å². The number of primary amides is 1. The molecule has 0 aliphatic rings. The lowest BCUT2D eigenvalue weighted by molar-refractivity contribution is -0.137. The van der Waals surface area contributed by atoms with Gasteiger partial charge in [-0.05, 0) is 37.3 Å². The Morgan fingerprint density at radius 2 is 2.03 bits per heavy atom. The minimum absolute atomic E-state index is 0.00130. The molecule has 2 aromatic rings. The standard InChI is InChI=1S/C19H21F3N8O2S/c1-33-16-12(9-23)14(29-17(24)30-16)28-13(6-3-7-26-18(25)32)15(31)27-11-5-2-4-10(8-11)19(20,21)22/h2,4-5,8,13H,3,6-7H2,1H3,(H,27,31)(H3,25,26,32)(H3,24,28,29,30)/t13-/m0/s1. The van der Waals surface area contributed by atoms with E-state index in [1.807, 2.05) is 6.07 Å². The minimum atomic E-state index is -4.58. The maximum absolute atomic E-state index is 13.0. The number of anilines is 3. The van der Waals surface area contributed by atoms with Crippen molar-refractivity contribution in [3.8, 4) is 6.07 Å². The third-order valence-electron chi connectivity index (χ3n) is 4.25. The van der Waals surface area contributed by atoms with Gasteiger partial charge in [-0.25, -0.2) is 9.78 Å². The van der Waals surface area contributed by atoms with E-state index in [0.717, 1.165) is 23.9 Å². The lowest BCUT2D eigenvalue weighted by Crippen LogP contribution is -2.37. The number of urea groups is 1. The van der Waals surface area contributed by atoms with Crippen LogP contribution in [0.4, 0.5) is 35.4 Å². The van der Waals surface area contributed by atoms with Gasteiger partial charge < -0.3 is 27.4 Å². The van der Waals surface area contributed by atoms with E-state index >= 15 is 0 Å². The van der Waals surface area contributed by atoms with Crippen LogP contribution in [0, 0.1) is 11.3 Å². The molecule has 0 spiro atoms. The molecule has 1 aromatic heterocycles. The van der Waals surface area contributed by atoms with Gasteiger partial charge in [0.05, 0.1) is 5.56 Å². The first-order valence-corrected chi connectivity index (χ1v) is 10.7. The van der Waals surface area contributed by atoms with Gasteiger partial charge in [0, 0.05) is 12.2 Å². The molecule has 7 N–H and O–H groups in total. The number of nitrogens with zero attached hydrogens (tertiary/aromatic N) is 3. The predicted octanol–water partition coefficient (Wildman–Crippen LogP) is 2.54. The van der Waals surface area contributed by atoms with Crippen LogP contribution < -0.4 is 27.4 Å². The first-order chi connectivity index (χ1) is 15.5. The smallest absolute Gasteiger partial charge is 0.368 e. The second-order valence-electron chi connectivity index (χ2n) is 6.62. The SMILES string of the molecule is CSc1nc(N)nc(N[C@@H](CCCNC(N)=O)C(=O)Nc2cccc(C(F)(F)F)c2)c1C#N. The van der Waals surface area contributed by atoms with Gasteiger partial charge in [0.25, 0.3) is 0 Å². The number of carbonyl (C=O) groups is 2. The van der Waals surface area contributed by atoms with Crippen molar-refractivity contribution >= 4 is 41.2 Å². The molecule has 10 nitrogen and oxygen atoms in total. The van der Waals surface area contributed by atoms with Crippen molar-refractivity contribution in [2.75, 3.05) is 29.2 Å². The van der Waals surface area contributed by atoms with E-state index in [-0.39, 0.29) is 42.4 Å². The first kappa shape index (κ1) is 25.5. The van der Waals surface area contributed by atoms with Crippen molar-refractivity contribution in [3.05, 3.63) is 35.4 Å². The van der Waals surface area contributed by atoms with E-state index in [9.17, 15) is 28.0 Å². The second-order valence-corrected chi connectivity index (χ2v) is 7.42. The largest absolute Gasteiger partial charge is 0.416 e. The van der Waals surface area contributed by atoms with Crippen LogP contribution in [0.25, 0.3) is 0 Å². The highest BCUT2D eigenvalue weighted by molar-refractivity contribution is 7.98. The molecule has 0 saturated heterocycles. The maximum Gasteiger partial charge on any atom is 0.416 e. The predicted molar refractivity (Wildman–Crippen MR) is 117 cm³/mol. The summed E-state index contributed by atoms with van der Waals surface area (Å²) in [5.74, 6) is -0.810. The molecule has 0 saturated carbocycles. The second kappa shape index (κ2) is 11.2. The number of hydrogen-bond acceptors (Lipinski definition) is 8. The Morgan fingerprint density at radius 3 is 2.64 bits per heavy atom. The fourth-order valence-electron chi connectivity index (χ4n) is 2.76. The van der Waals surface area contributed by atoms with Gasteiger partial charge in [-0.1, -0.05) is 6.07 Å². The molecular formula is C19H21F3N8O2S. The third kappa shape index (κ3) is 7.42. The molecule has 1 atom stereocenters. The topological polar surface area (TPSA) is 172 Å². The fraction of sp³-hybridized carbons (Fsp3) is 0.316. The zero-order chi connectivity index (χ0) is 24.6. The molecule has 3 amide bonds. The van der Waals surface area contributed by atoms with E-state index < -0.39 is 29.7 Å². The summed E-state index contributed by atoms with van der Waals surface area (Å²) in [4.78, 5) is 31.7. The van der Waals surface area contributed by atoms with Crippen LogP contribution in [0.15, 0.2) is 29.3 Å². The van der Waals surface area contributed by atoms with Gasteiger partial charge in [-0.15, -0.1) is 11.8 Å². The van der Waals surface area contributed by atoms with Gasteiger partial charge >= 0.3 is 12.2 Å². The number of hydrogen-bond donors (Lipinski definition) is 5. The number of nitriles is 1. The zero-order valence-corrected chi connectivity index (χ0v) is 18.2. The monoisotopic (exact) mass is 482 g/mol. The van der Waals surface area contributed by atoms with Crippen molar-refractivity contribution in [1.29, 1.82) is 5.26 Å². The molecule has 14 heteroatoms. The number of nitrogen functional groups attached to an aromatic ring is 1. The van der Waals surface area contributed by atoms with Crippen molar-refractivity contribution in [3.63, 3.8) is 0 Å². The van der Waals surface area contributed by atoms with Crippen LogP contribution in [0.1, 0.15) is 24.0 Å². The Bertz CT molecular complexity index is 1060. The maximum atomic E-state index is 13.0. The first-order valence-electron chi connectivity index (χ1n) is 9.44. The van der Waals surface area contributed by atoms with Crippen LogP contribution in [0.3, 0.4) is 0 Å². The van der Waals surface area contributed by atoms with E-state index in [0.29, 0.717) is 5.03 Å². The van der Waals surface area contributed by atoms with Crippen LogP contribution in [-0.2, 0) is 11.0 Å². The van der Waals surface area contributed by atoms with E-state index in [1.54, 1.807) is 6.26 Å². The number of aromatic nitrogens is 2. The normalized spacial score (nSPS) is 11.8. The van der Waals surface area contributed by atoms with Crippen molar-refractivity contribution in [1.82, 2.24) is 15.3 Å². The Kier molecular flexibility index (Phi) is 8.69. The van der Waals surface area contributed by atoms with Crippen LogP contribution >= 0.6 is 11.8 Å². The van der Waals surface area contributed by atoms with Gasteiger partial charge in [-0.3, -0.25) is 4.79 Å². The fourth-order valence-corrected chi connectivity index (χ4v) is 3.30. The number of thioether (sulfide) groups is 1. The van der Waals surface area contributed by atoms with Crippen LogP contribution in [-0.4, -0.2) is 40.7 Å². The average Bonchev–Trinajstić information content (AvgIpc) is 2.74. The number of alkyl halides is 3. The summed E-state index contributed by atoms with van der Waals surface area (Å²) in [5.41, 5.74) is 9.79. The molecule has 176 valence electrons. The Hall–Kier alpha value is -3.73. The summed E-state index contributed by atoms with van der Waals surface area (Å²) >= 11 is 1.15. The lowest BCUT2D eigenvalue weighted by Gasteiger charge is -2.20. The Morgan fingerprint density at radius 1 is 1.30 bits per heavy atom. The van der Waals surface area contributed by atoms with E-state index in [2.05, 4.69) is 25.9 Å². The van der Waals surface area contributed by atoms with Crippen molar-refractivity contribution in [2.45, 2.75) is 30.1 Å². The molecule has 2 rings (SSSR count). The van der Waals surface area contributed by atoms with Crippen molar-refractivity contribution < 1.29 is 22.8 Å². The Labute approximate surface area is 191 Å². The van der Waals surface area contributed by atoms with Crippen LogP contribution in [0.5, 0.6) is 0 Å². The third-order valence-corrected chi connectivity index (χ3v) is 4.93. The van der Waals surface area contributed by atoms with Gasteiger partial charge in [0.2, 0.25) is 11.9 Å². The van der Waals surface area contributed by atoms with Gasteiger partial charge in [0.1, 0.15) is 22.7 Å². The summed E-state index contributed by atoms with van der Waals surface area (Å²) < 4.78 is 39.0. The van der Waals surface area contributed by atoms with Crippen LogP contribution in [0.2, 0.25) is 0 Å². The number of benzene rings is 1. The summed E-state index contributed by atoms with van der Waals surface area (Å²) in [5, 5.41) is 17.4. The number of halogens is 3. The summed E-state index contributed by atoms with van der Waals surface area (Å²) in [6.45, 7) is 0.150. The molecule has 0 radical (unpaired) electrons. The molecule has 0 aliphatic carbocycles. The molecule has 0 unspecified atom stereocenters. The molecule has 0 aliphatic heterocycles. The summed E-state index contributed by atoms with van der Waals surface area (Å²) in [7, 11) is 0. The minimum Gasteiger partial charge on any atom is -0.368 e. The molecule has 33 heavy (non-hydrogen) atoms. The average molecular weight is 482 g/mol. The lowest BCUT2D eigenvalue weighted by atomic mass is 10.1. The molecular weight excluding hydrogens is 461 g/mol. The number of nitrogens with one attached hydrogen (secondary N) is 3.